The molecule has 0 saturated heterocycles. The van der Waals surface area contributed by atoms with Gasteiger partial charge in [0.25, 0.3) is 5.24 Å². The van der Waals surface area contributed by atoms with Crippen LogP contribution in [-0.4, -0.2) is 11.8 Å². The number of amides is 1. The zero-order valence-corrected chi connectivity index (χ0v) is 9.64. The van der Waals surface area contributed by atoms with E-state index >= 15 is 0 Å². The largest absolute Gasteiger partial charge is 0.346 e. The molecule has 0 aliphatic heterocycles. The SMILES string of the molecule is CC(C)(CNC(=O)S)c1ccc(F)cc1. The van der Waals surface area contributed by atoms with Crippen LogP contribution >= 0.6 is 12.6 Å². The van der Waals surface area contributed by atoms with Gasteiger partial charge in [0.15, 0.2) is 0 Å². The van der Waals surface area contributed by atoms with Crippen molar-refractivity contribution in [3.63, 3.8) is 0 Å². The Kier molecular flexibility index (Phi) is 3.74. The Morgan fingerprint density at radius 2 is 1.93 bits per heavy atom. The second-order valence-corrected chi connectivity index (χ2v) is 4.46. The van der Waals surface area contributed by atoms with Gasteiger partial charge in [-0.05, 0) is 17.7 Å². The van der Waals surface area contributed by atoms with Crippen LogP contribution in [0.5, 0.6) is 0 Å². The Morgan fingerprint density at radius 3 is 2.40 bits per heavy atom. The predicted octanol–water partition coefficient (Wildman–Crippen LogP) is 2.74. The first kappa shape index (κ1) is 12.0. The topological polar surface area (TPSA) is 29.1 Å². The van der Waals surface area contributed by atoms with Crippen molar-refractivity contribution < 1.29 is 9.18 Å². The van der Waals surface area contributed by atoms with Crippen LogP contribution in [0.15, 0.2) is 24.3 Å². The lowest BCUT2D eigenvalue weighted by Gasteiger charge is -2.25. The monoisotopic (exact) mass is 227 g/mol. The quantitative estimate of drug-likeness (QED) is 0.764. The molecule has 0 fully saturated rings. The zero-order valence-electron chi connectivity index (χ0n) is 8.75. The molecular weight excluding hydrogens is 213 g/mol. The van der Waals surface area contributed by atoms with Gasteiger partial charge < -0.3 is 5.32 Å². The van der Waals surface area contributed by atoms with Gasteiger partial charge in [0, 0.05) is 12.0 Å². The highest BCUT2D eigenvalue weighted by Gasteiger charge is 2.20. The van der Waals surface area contributed by atoms with E-state index < -0.39 is 0 Å². The smallest absolute Gasteiger partial charge is 0.276 e. The molecule has 1 amide bonds. The van der Waals surface area contributed by atoms with Gasteiger partial charge in [-0.15, -0.1) is 0 Å². The molecule has 0 aromatic heterocycles. The van der Waals surface area contributed by atoms with Crippen LogP contribution in [0.1, 0.15) is 19.4 Å². The second kappa shape index (κ2) is 4.66. The minimum absolute atomic E-state index is 0.230. The molecule has 1 aromatic carbocycles. The van der Waals surface area contributed by atoms with Crippen molar-refractivity contribution in [1.29, 1.82) is 0 Å². The van der Waals surface area contributed by atoms with E-state index in [0.29, 0.717) is 6.54 Å². The molecule has 0 aliphatic rings. The molecule has 0 spiro atoms. The molecule has 1 aromatic rings. The second-order valence-electron chi connectivity index (χ2n) is 4.05. The summed E-state index contributed by atoms with van der Waals surface area (Å²) in [5.41, 5.74) is 0.748. The fraction of sp³-hybridized carbons (Fsp3) is 0.364. The van der Waals surface area contributed by atoms with Gasteiger partial charge in [0.2, 0.25) is 0 Å². The lowest BCUT2D eigenvalue weighted by atomic mass is 9.85. The van der Waals surface area contributed by atoms with Gasteiger partial charge in [0.1, 0.15) is 5.82 Å². The lowest BCUT2D eigenvalue weighted by Crippen LogP contribution is -2.34. The highest BCUT2D eigenvalue weighted by Crippen LogP contribution is 2.22. The highest BCUT2D eigenvalue weighted by atomic mass is 32.1. The molecule has 1 rings (SSSR count). The summed E-state index contributed by atoms with van der Waals surface area (Å²) in [6.07, 6.45) is 0. The van der Waals surface area contributed by atoms with Gasteiger partial charge >= 0.3 is 0 Å². The summed E-state index contributed by atoms with van der Waals surface area (Å²) < 4.78 is 12.7. The predicted molar refractivity (Wildman–Crippen MR) is 61.8 cm³/mol. The first-order chi connectivity index (χ1) is 6.92. The summed E-state index contributed by atoms with van der Waals surface area (Å²) in [6, 6.07) is 6.28. The Hall–Kier alpha value is -1.03. The van der Waals surface area contributed by atoms with Crippen LogP contribution < -0.4 is 5.32 Å². The number of halogens is 1. The van der Waals surface area contributed by atoms with E-state index in [0.717, 1.165) is 5.56 Å². The number of benzene rings is 1. The van der Waals surface area contributed by atoms with E-state index in [1.165, 1.54) is 12.1 Å². The number of thiol groups is 1. The van der Waals surface area contributed by atoms with Crippen molar-refractivity contribution >= 4 is 17.9 Å². The molecule has 0 bridgehead atoms. The molecular formula is C11H14FNOS. The van der Waals surface area contributed by atoms with Crippen LogP contribution in [0.25, 0.3) is 0 Å². The molecule has 0 unspecified atom stereocenters. The van der Waals surface area contributed by atoms with E-state index in [-0.39, 0.29) is 16.5 Å². The molecule has 0 heterocycles. The first-order valence-electron chi connectivity index (χ1n) is 4.65. The molecule has 0 atom stereocenters. The van der Waals surface area contributed by atoms with E-state index in [9.17, 15) is 9.18 Å². The molecule has 15 heavy (non-hydrogen) atoms. The van der Waals surface area contributed by atoms with E-state index in [1.54, 1.807) is 12.1 Å². The standard InChI is InChI=1S/C11H14FNOS/c1-11(2,7-13-10(14)15)8-3-5-9(12)6-4-8/h3-6H,7H2,1-2H3,(H2,13,14,15). The third-order valence-corrected chi connectivity index (χ3v) is 2.47. The Bertz CT molecular complexity index is 348. The molecule has 4 heteroatoms. The summed E-state index contributed by atoms with van der Waals surface area (Å²) in [5, 5.41) is 2.27. The van der Waals surface area contributed by atoms with Gasteiger partial charge in [0.05, 0.1) is 0 Å². The van der Waals surface area contributed by atoms with E-state index in [2.05, 4.69) is 17.9 Å². The van der Waals surface area contributed by atoms with Crippen LogP contribution in [-0.2, 0) is 5.41 Å². The molecule has 82 valence electrons. The lowest BCUT2D eigenvalue weighted by molar-refractivity contribution is 0.259. The summed E-state index contributed by atoms with van der Waals surface area (Å²) in [6.45, 7) is 4.43. The third-order valence-electron chi connectivity index (χ3n) is 2.31. The highest BCUT2D eigenvalue weighted by molar-refractivity contribution is 7.96. The number of rotatable bonds is 3. The van der Waals surface area contributed by atoms with E-state index in [4.69, 9.17) is 0 Å². The maximum Gasteiger partial charge on any atom is 0.276 e. The number of hydrogen-bond donors (Lipinski definition) is 2. The summed E-state index contributed by atoms with van der Waals surface area (Å²) in [7, 11) is 0. The van der Waals surface area contributed by atoms with Crippen molar-refractivity contribution in [2.24, 2.45) is 0 Å². The molecule has 1 N–H and O–H groups in total. The summed E-state index contributed by atoms with van der Waals surface area (Å²) in [5.74, 6) is -0.257. The van der Waals surface area contributed by atoms with Gasteiger partial charge in [-0.1, -0.05) is 38.6 Å². The summed E-state index contributed by atoms with van der Waals surface area (Å²) >= 11 is 3.63. The number of carbonyl (C=O) groups excluding carboxylic acids is 1. The molecule has 0 saturated carbocycles. The minimum atomic E-state index is -0.356. The minimum Gasteiger partial charge on any atom is -0.346 e. The average molecular weight is 227 g/mol. The Morgan fingerprint density at radius 1 is 1.40 bits per heavy atom. The van der Waals surface area contributed by atoms with Crippen LogP contribution in [0.4, 0.5) is 9.18 Å². The Balaban J connectivity index is 2.76. The number of carbonyl (C=O) groups is 1. The van der Waals surface area contributed by atoms with Crippen LogP contribution in [0, 0.1) is 5.82 Å². The van der Waals surface area contributed by atoms with Crippen molar-refractivity contribution in [2.75, 3.05) is 6.54 Å². The summed E-state index contributed by atoms with van der Waals surface area (Å²) in [4.78, 5) is 10.7. The number of hydrogen-bond acceptors (Lipinski definition) is 1. The molecule has 0 aliphatic carbocycles. The van der Waals surface area contributed by atoms with E-state index in [1.807, 2.05) is 13.8 Å². The normalized spacial score (nSPS) is 11.2. The average Bonchev–Trinajstić information content (AvgIpc) is 2.16. The molecule has 2 nitrogen and oxygen atoms in total. The van der Waals surface area contributed by atoms with Crippen molar-refractivity contribution in [3.8, 4) is 0 Å². The molecule has 0 radical (unpaired) electrons. The van der Waals surface area contributed by atoms with Crippen LogP contribution in [0.2, 0.25) is 0 Å². The van der Waals surface area contributed by atoms with Gasteiger partial charge in [-0.25, -0.2) is 4.39 Å². The van der Waals surface area contributed by atoms with Gasteiger partial charge in [-0.2, -0.15) is 0 Å². The third kappa shape index (κ3) is 3.55. The fourth-order valence-corrected chi connectivity index (χ4v) is 1.38. The first-order valence-corrected chi connectivity index (χ1v) is 5.09. The maximum absolute atomic E-state index is 12.7. The fourth-order valence-electron chi connectivity index (χ4n) is 1.30. The Labute approximate surface area is 94.3 Å². The van der Waals surface area contributed by atoms with Crippen molar-refractivity contribution in [1.82, 2.24) is 5.32 Å². The maximum atomic E-state index is 12.7. The van der Waals surface area contributed by atoms with Gasteiger partial charge in [-0.3, -0.25) is 4.79 Å². The zero-order chi connectivity index (χ0) is 11.5. The van der Waals surface area contributed by atoms with Crippen molar-refractivity contribution in [2.45, 2.75) is 19.3 Å². The van der Waals surface area contributed by atoms with Crippen LogP contribution in [0.3, 0.4) is 0 Å². The number of nitrogens with one attached hydrogen (secondary N) is 1. The van der Waals surface area contributed by atoms with Crippen molar-refractivity contribution in [3.05, 3.63) is 35.6 Å².